The number of esters is 1. The van der Waals surface area contributed by atoms with Gasteiger partial charge in [0.25, 0.3) is 0 Å². The summed E-state index contributed by atoms with van der Waals surface area (Å²) in [7, 11) is 3.28. The van der Waals surface area contributed by atoms with Crippen molar-refractivity contribution in [1.82, 2.24) is 15.1 Å². The minimum Gasteiger partial charge on any atom is -0.469 e. The summed E-state index contributed by atoms with van der Waals surface area (Å²) in [4.78, 5) is 20.9. The largest absolute Gasteiger partial charge is 0.469 e. The molecule has 1 N–H and O–H groups in total. The summed E-state index contributed by atoms with van der Waals surface area (Å²) in [6, 6.07) is 4.23. The fourth-order valence-corrected chi connectivity index (χ4v) is 4.13. The van der Waals surface area contributed by atoms with Crippen LogP contribution in [-0.4, -0.2) is 68.6 Å². The molecule has 150 valence electrons. The quantitative estimate of drug-likeness (QED) is 0.483. The van der Waals surface area contributed by atoms with Gasteiger partial charge >= 0.3 is 5.97 Å². The fourth-order valence-electron chi connectivity index (χ4n) is 4.13. The van der Waals surface area contributed by atoms with Crippen molar-refractivity contribution in [3.8, 4) is 0 Å². The Morgan fingerprint density at radius 1 is 1.30 bits per heavy atom. The number of furan rings is 1. The molecule has 2 aliphatic heterocycles. The van der Waals surface area contributed by atoms with Crippen molar-refractivity contribution in [2.45, 2.75) is 38.1 Å². The number of nitrogens with zero attached hydrogens (tertiary/aromatic N) is 3. The third kappa shape index (κ3) is 5.03. The number of hydrogen-bond acceptors (Lipinski definition) is 5. The summed E-state index contributed by atoms with van der Waals surface area (Å²) in [6.07, 6.45) is 7.16. The molecular formula is C20H32N4O3. The van der Waals surface area contributed by atoms with E-state index in [0.717, 1.165) is 57.3 Å². The van der Waals surface area contributed by atoms with Crippen molar-refractivity contribution in [3.63, 3.8) is 0 Å². The molecule has 2 aliphatic rings. The van der Waals surface area contributed by atoms with Crippen LogP contribution in [0.25, 0.3) is 0 Å². The van der Waals surface area contributed by atoms with Crippen molar-refractivity contribution in [3.05, 3.63) is 24.2 Å². The second-order valence-electron chi connectivity index (χ2n) is 7.34. The Kier molecular flexibility index (Phi) is 7.15. The van der Waals surface area contributed by atoms with Gasteiger partial charge < -0.3 is 19.4 Å². The minimum atomic E-state index is -0.0967. The summed E-state index contributed by atoms with van der Waals surface area (Å²) < 4.78 is 10.6. The molecule has 7 heteroatoms. The maximum absolute atomic E-state index is 11.7. The Bertz CT molecular complexity index is 603. The molecule has 0 aliphatic carbocycles. The van der Waals surface area contributed by atoms with Gasteiger partial charge in [-0.05, 0) is 50.9 Å². The highest BCUT2D eigenvalue weighted by atomic mass is 16.5. The lowest BCUT2D eigenvalue weighted by Crippen LogP contribution is -2.49. The Hall–Kier alpha value is -2.02. The molecule has 3 rings (SSSR count). The molecule has 0 bridgehead atoms. The summed E-state index contributed by atoms with van der Waals surface area (Å²) >= 11 is 0. The number of ether oxygens (including phenoxy) is 1. The van der Waals surface area contributed by atoms with E-state index in [-0.39, 0.29) is 17.9 Å². The molecule has 1 aromatic heterocycles. The van der Waals surface area contributed by atoms with Crippen molar-refractivity contribution < 1.29 is 13.9 Å². The van der Waals surface area contributed by atoms with E-state index in [1.165, 1.54) is 26.4 Å². The highest BCUT2D eigenvalue weighted by Crippen LogP contribution is 2.25. The molecule has 2 fully saturated rings. The van der Waals surface area contributed by atoms with Crippen LogP contribution >= 0.6 is 0 Å². The van der Waals surface area contributed by atoms with Gasteiger partial charge in [-0.15, -0.1) is 0 Å². The molecule has 3 heterocycles. The maximum Gasteiger partial charge on any atom is 0.308 e. The van der Waals surface area contributed by atoms with Gasteiger partial charge in [0.1, 0.15) is 5.76 Å². The van der Waals surface area contributed by atoms with Crippen LogP contribution in [-0.2, 0) is 9.53 Å². The SMILES string of the molecule is CN=C(NCC(c1ccco1)N1CCCCC1)N1CCC(C(=O)OC)CC1. The van der Waals surface area contributed by atoms with Gasteiger partial charge in [0.2, 0.25) is 0 Å². The van der Waals surface area contributed by atoms with Gasteiger partial charge in [-0.1, -0.05) is 6.42 Å². The van der Waals surface area contributed by atoms with E-state index in [9.17, 15) is 4.79 Å². The van der Waals surface area contributed by atoms with E-state index in [0.29, 0.717) is 0 Å². The normalized spacial score (nSPS) is 21.1. The zero-order valence-corrected chi connectivity index (χ0v) is 16.5. The lowest BCUT2D eigenvalue weighted by atomic mass is 9.97. The van der Waals surface area contributed by atoms with Crippen molar-refractivity contribution in [1.29, 1.82) is 0 Å². The number of nitrogens with one attached hydrogen (secondary N) is 1. The first-order valence-electron chi connectivity index (χ1n) is 10.0. The Balaban J connectivity index is 1.58. The van der Waals surface area contributed by atoms with Crippen LogP contribution in [0.3, 0.4) is 0 Å². The number of aliphatic imine (C=N–C) groups is 1. The van der Waals surface area contributed by atoms with Crippen LogP contribution in [0.5, 0.6) is 0 Å². The Labute approximate surface area is 161 Å². The zero-order chi connectivity index (χ0) is 19.1. The number of hydrogen-bond donors (Lipinski definition) is 1. The van der Waals surface area contributed by atoms with E-state index in [1.54, 1.807) is 6.26 Å². The number of likely N-dealkylation sites (tertiary alicyclic amines) is 2. The molecule has 2 saturated heterocycles. The van der Waals surface area contributed by atoms with Gasteiger partial charge in [-0.3, -0.25) is 14.7 Å². The highest BCUT2D eigenvalue weighted by molar-refractivity contribution is 5.80. The molecular weight excluding hydrogens is 344 g/mol. The van der Waals surface area contributed by atoms with Gasteiger partial charge in [-0.25, -0.2) is 0 Å². The van der Waals surface area contributed by atoms with Gasteiger partial charge in [-0.2, -0.15) is 0 Å². The molecule has 7 nitrogen and oxygen atoms in total. The van der Waals surface area contributed by atoms with Gasteiger partial charge in [0, 0.05) is 26.7 Å². The predicted molar refractivity (Wildman–Crippen MR) is 105 cm³/mol. The van der Waals surface area contributed by atoms with Crippen LogP contribution in [0.15, 0.2) is 27.8 Å². The molecule has 0 saturated carbocycles. The predicted octanol–water partition coefficient (Wildman–Crippen LogP) is 2.27. The molecule has 1 unspecified atom stereocenters. The second kappa shape index (κ2) is 9.78. The van der Waals surface area contributed by atoms with Crippen LogP contribution in [0.4, 0.5) is 0 Å². The first-order chi connectivity index (χ1) is 13.2. The Morgan fingerprint density at radius 2 is 2.04 bits per heavy atom. The van der Waals surface area contributed by atoms with E-state index >= 15 is 0 Å². The molecule has 1 atom stereocenters. The lowest BCUT2D eigenvalue weighted by molar-refractivity contribution is -0.146. The van der Waals surface area contributed by atoms with Crippen LogP contribution in [0.2, 0.25) is 0 Å². The average Bonchev–Trinajstić information content (AvgIpc) is 3.26. The van der Waals surface area contributed by atoms with Gasteiger partial charge in [0.15, 0.2) is 5.96 Å². The molecule has 27 heavy (non-hydrogen) atoms. The zero-order valence-electron chi connectivity index (χ0n) is 16.5. The fraction of sp³-hybridized carbons (Fsp3) is 0.700. The summed E-state index contributed by atoms with van der Waals surface area (Å²) in [6.45, 7) is 4.60. The van der Waals surface area contributed by atoms with Crippen molar-refractivity contribution in [2.75, 3.05) is 46.9 Å². The monoisotopic (exact) mass is 376 g/mol. The molecule has 0 amide bonds. The lowest BCUT2D eigenvalue weighted by Gasteiger charge is -2.36. The molecule has 0 spiro atoms. The third-order valence-electron chi connectivity index (χ3n) is 5.70. The maximum atomic E-state index is 11.7. The highest BCUT2D eigenvalue weighted by Gasteiger charge is 2.28. The molecule has 1 aromatic rings. The topological polar surface area (TPSA) is 70.3 Å². The number of piperidine rings is 2. The average molecular weight is 377 g/mol. The van der Waals surface area contributed by atoms with Crippen LogP contribution in [0, 0.1) is 5.92 Å². The van der Waals surface area contributed by atoms with Gasteiger partial charge in [0.05, 0.1) is 25.3 Å². The van der Waals surface area contributed by atoms with E-state index in [4.69, 9.17) is 9.15 Å². The minimum absolute atomic E-state index is 0.00794. The number of rotatable bonds is 5. The number of methoxy groups -OCH3 is 1. The number of carbonyl (C=O) groups is 1. The number of carbonyl (C=O) groups excluding carboxylic acids is 1. The third-order valence-corrected chi connectivity index (χ3v) is 5.70. The smallest absolute Gasteiger partial charge is 0.308 e. The summed E-state index contributed by atoms with van der Waals surface area (Å²) in [5.41, 5.74) is 0. The molecule has 0 radical (unpaired) electrons. The first-order valence-corrected chi connectivity index (χ1v) is 10.0. The number of guanidine groups is 1. The van der Waals surface area contributed by atoms with E-state index in [2.05, 4.69) is 26.2 Å². The second-order valence-corrected chi connectivity index (χ2v) is 7.34. The van der Waals surface area contributed by atoms with Crippen LogP contribution < -0.4 is 5.32 Å². The summed E-state index contributed by atoms with van der Waals surface area (Å²) in [5, 5.41) is 3.54. The standard InChI is InChI=1S/C20H32N4O3/c1-21-20(24-12-8-16(9-13-24)19(25)26-2)22-15-17(18-7-6-14-27-18)23-10-4-3-5-11-23/h6-7,14,16-17H,3-5,8-13,15H2,1-2H3,(H,21,22). The first kappa shape index (κ1) is 19.7. The van der Waals surface area contributed by atoms with E-state index in [1.807, 2.05) is 13.1 Å². The molecule has 0 aromatic carbocycles. The Morgan fingerprint density at radius 3 is 2.63 bits per heavy atom. The summed E-state index contributed by atoms with van der Waals surface area (Å²) in [5.74, 6) is 1.81. The van der Waals surface area contributed by atoms with Crippen LogP contribution in [0.1, 0.15) is 43.9 Å². The van der Waals surface area contributed by atoms with E-state index < -0.39 is 0 Å². The van der Waals surface area contributed by atoms with Crippen molar-refractivity contribution in [2.24, 2.45) is 10.9 Å². The van der Waals surface area contributed by atoms with Crippen molar-refractivity contribution >= 4 is 11.9 Å².